The molecular weight excluding hydrogens is 160 g/mol. The monoisotopic (exact) mass is 186 g/mol. The van der Waals surface area contributed by atoms with Gasteiger partial charge >= 0.3 is 0 Å². The lowest BCUT2D eigenvalue weighted by atomic mass is 10.1. The number of rotatable bonds is 9. The van der Waals surface area contributed by atoms with E-state index < -0.39 is 0 Å². The van der Waals surface area contributed by atoms with Crippen LogP contribution in [0.3, 0.4) is 0 Å². The van der Waals surface area contributed by atoms with Gasteiger partial charge in [0.1, 0.15) is 0 Å². The molecule has 0 bridgehead atoms. The van der Waals surface area contributed by atoms with Crippen molar-refractivity contribution >= 4 is 0 Å². The molecule has 1 nitrogen and oxygen atoms in total. The summed E-state index contributed by atoms with van der Waals surface area (Å²) in [6.07, 6.45) is 9.53. The molecule has 0 saturated carbocycles. The van der Waals surface area contributed by atoms with Gasteiger partial charge in [0, 0.05) is 6.61 Å². The Morgan fingerprint density at radius 2 is 1.69 bits per heavy atom. The highest BCUT2D eigenvalue weighted by Gasteiger charge is 2.04. The van der Waals surface area contributed by atoms with E-state index in [9.17, 15) is 0 Å². The lowest BCUT2D eigenvalue weighted by Gasteiger charge is -2.15. The summed E-state index contributed by atoms with van der Waals surface area (Å²) >= 11 is 0. The molecular formula is C12H26O. The van der Waals surface area contributed by atoms with E-state index in [1.165, 1.54) is 38.5 Å². The van der Waals surface area contributed by atoms with Crippen molar-refractivity contribution in [2.45, 2.75) is 71.8 Å². The summed E-state index contributed by atoms with van der Waals surface area (Å²) in [7, 11) is 0. The molecule has 0 saturated heterocycles. The second kappa shape index (κ2) is 10.0. The molecule has 0 spiro atoms. The smallest absolute Gasteiger partial charge is 0.0572 e. The number of unbranched alkanes of at least 4 members (excludes halogenated alkanes) is 3. The van der Waals surface area contributed by atoms with Gasteiger partial charge in [0.25, 0.3) is 0 Å². The predicted octanol–water partition coefficient (Wildman–Crippen LogP) is 4.16. The van der Waals surface area contributed by atoms with Crippen LogP contribution in [0.1, 0.15) is 65.7 Å². The molecule has 1 unspecified atom stereocenters. The van der Waals surface area contributed by atoms with Crippen LogP contribution in [-0.2, 0) is 4.74 Å². The molecule has 0 aliphatic heterocycles. The Kier molecular flexibility index (Phi) is 10.0. The van der Waals surface area contributed by atoms with Gasteiger partial charge in [-0.05, 0) is 19.3 Å². The third kappa shape index (κ3) is 8.29. The van der Waals surface area contributed by atoms with Gasteiger partial charge in [0.2, 0.25) is 0 Å². The van der Waals surface area contributed by atoms with Crippen molar-refractivity contribution in [3.05, 3.63) is 0 Å². The van der Waals surface area contributed by atoms with Crippen LogP contribution in [0.25, 0.3) is 0 Å². The molecule has 0 fully saturated rings. The zero-order chi connectivity index (χ0) is 9.94. The first-order valence-corrected chi connectivity index (χ1v) is 5.96. The Hall–Kier alpha value is -0.0400. The topological polar surface area (TPSA) is 9.23 Å². The summed E-state index contributed by atoms with van der Waals surface area (Å²) in [5.74, 6) is 0. The standard InChI is InChI=1S/C12H26O/c1-4-7-8-9-10-12(6-3)13-11-5-2/h12H,4-11H2,1-3H3. The summed E-state index contributed by atoms with van der Waals surface area (Å²) in [5, 5.41) is 0. The third-order valence-corrected chi connectivity index (χ3v) is 2.39. The van der Waals surface area contributed by atoms with E-state index in [4.69, 9.17) is 4.74 Å². The second-order valence-corrected chi connectivity index (χ2v) is 3.75. The average Bonchev–Trinajstić information content (AvgIpc) is 2.17. The van der Waals surface area contributed by atoms with Crippen molar-refractivity contribution in [2.24, 2.45) is 0 Å². The van der Waals surface area contributed by atoms with Crippen LogP contribution in [0.4, 0.5) is 0 Å². The predicted molar refractivity (Wildman–Crippen MR) is 59.1 cm³/mol. The van der Waals surface area contributed by atoms with Gasteiger partial charge in [-0.15, -0.1) is 0 Å². The SMILES string of the molecule is CCCCCCC(CC)OCCC. The summed E-state index contributed by atoms with van der Waals surface area (Å²) in [6, 6.07) is 0. The summed E-state index contributed by atoms with van der Waals surface area (Å²) in [4.78, 5) is 0. The Morgan fingerprint density at radius 1 is 0.923 bits per heavy atom. The number of ether oxygens (including phenoxy) is 1. The van der Waals surface area contributed by atoms with Crippen molar-refractivity contribution in [3.63, 3.8) is 0 Å². The number of hydrogen-bond donors (Lipinski definition) is 0. The second-order valence-electron chi connectivity index (χ2n) is 3.75. The Morgan fingerprint density at radius 3 is 2.23 bits per heavy atom. The zero-order valence-corrected chi connectivity index (χ0v) is 9.64. The van der Waals surface area contributed by atoms with Gasteiger partial charge in [0.15, 0.2) is 0 Å². The lowest BCUT2D eigenvalue weighted by Crippen LogP contribution is -2.12. The Bertz CT molecular complexity index is 91.1. The van der Waals surface area contributed by atoms with Crippen LogP contribution < -0.4 is 0 Å². The highest BCUT2D eigenvalue weighted by atomic mass is 16.5. The molecule has 0 radical (unpaired) electrons. The van der Waals surface area contributed by atoms with Crippen LogP contribution in [0.2, 0.25) is 0 Å². The molecule has 0 aliphatic carbocycles. The van der Waals surface area contributed by atoms with Crippen LogP contribution in [0.15, 0.2) is 0 Å². The third-order valence-electron chi connectivity index (χ3n) is 2.39. The van der Waals surface area contributed by atoms with E-state index in [0.29, 0.717) is 6.10 Å². The van der Waals surface area contributed by atoms with Crippen molar-refractivity contribution in [2.75, 3.05) is 6.61 Å². The van der Waals surface area contributed by atoms with Crippen molar-refractivity contribution < 1.29 is 4.74 Å². The fraction of sp³-hybridized carbons (Fsp3) is 1.00. The molecule has 1 heteroatoms. The molecule has 0 aliphatic rings. The van der Waals surface area contributed by atoms with E-state index in [2.05, 4.69) is 20.8 Å². The highest BCUT2D eigenvalue weighted by molar-refractivity contribution is 4.55. The van der Waals surface area contributed by atoms with Gasteiger partial charge < -0.3 is 4.74 Å². The average molecular weight is 186 g/mol. The van der Waals surface area contributed by atoms with E-state index in [1.807, 2.05) is 0 Å². The lowest BCUT2D eigenvalue weighted by molar-refractivity contribution is 0.0436. The van der Waals surface area contributed by atoms with E-state index in [0.717, 1.165) is 13.0 Å². The fourth-order valence-corrected chi connectivity index (χ4v) is 1.49. The molecule has 0 aromatic heterocycles. The van der Waals surface area contributed by atoms with Gasteiger partial charge in [-0.2, -0.15) is 0 Å². The fourth-order valence-electron chi connectivity index (χ4n) is 1.49. The minimum atomic E-state index is 0.525. The molecule has 0 amide bonds. The molecule has 0 N–H and O–H groups in total. The van der Waals surface area contributed by atoms with E-state index >= 15 is 0 Å². The van der Waals surface area contributed by atoms with Gasteiger partial charge in [-0.3, -0.25) is 0 Å². The zero-order valence-electron chi connectivity index (χ0n) is 9.64. The first-order valence-electron chi connectivity index (χ1n) is 5.96. The summed E-state index contributed by atoms with van der Waals surface area (Å²) in [6.45, 7) is 7.58. The van der Waals surface area contributed by atoms with Crippen LogP contribution in [0, 0.1) is 0 Å². The van der Waals surface area contributed by atoms with Crippen molar-refractivity contribution in [1.29, 1.82) is 0 Å². The molecule has 0 rings (SSSR count). The van der Waals surface area contributed by atoms with Crippen LogP contribution >= 0.6 is 0 Å². The Labute approximate surface area is 83.9 Å². The molecule has 80 valence electrons. The summed E-state index contributed by atoms with van der Waals surface area (Å²) in [5.41, 5.74) is 0. The van der Waals surface area contributed by atoms with E-state index in [-0.39, 0.29) is 0 Å². The normalized spacial score (nSPS) is 13.2. The molecule has 0 aromatic rings. The van der Waals surface area contributed by atoms with E-state index in [1.54, 1.807) is 0 Å². The Balaban J connectivity index is 3.25. The molecule has 1 atom stereocenters. The summed E-state index contributed by atoms with van der Waals surface area (Å²) < 4.78 is 5.72. The van der Waals surface area contributed by atoms with Gasteiger partial charge in [-0.25, -0.2) is 0 Å². The molecule has 0 heterocycles. The van der Waals surface area contributed by atoms with Crippen molar-refractivity contribution in [1.82, 2.24) is 0 Å². The minimum absolute atomic E-state index is 0.525. The maximum atomic E-state index is 5.72. The largest absolute Gasteiger partial charge is 0.378 e. The first kappa shape index (κ1) is 13.0. The van der Waals surface area contributed by atoms with Crippen LogP contribution in [0.5, 0.6) is 0 Å². The number of hydrogen-bond acceptors (Lipinski definition) is 1. The minimum Gasteiger partial charge on any atom is -0.378 e. The van der Waals surface area contributed by atoms with Gasteiger partial charge in [-0.1, -0.05) is 46.5 Å². The maximum Gasteiger partial charge on any atom is 0.0572 e. The molecule has 0 aromatic carbocycles. The quantitative estimate of drug-likeness (QED) is 0.491. The first-order chi connectivity index (χ1) is 6.35. The van der Waals surface area contributed by atoms with Crippen molar-refractivity contribution in [3.8, 4) is 0 Å². The maximum absolute atomic E-state index is 5.72. The van der Waals surface area contributed by atoms with Gasteiger partial charge in [0.05, 0.1) is 6.10 Å². The van der Waals surface area contributed by atoms with Crippen LogP contribution in [-0.4, -0.2) is 12.7 Å². The highest BCUT2D eigenvalue weighted by Crippen LogP contribution is 2.11. The molecule has 13 heavy (non-hydrogen) atoms.